The van der Waals surface area contributed by atoms with E-state index < -0.39 is 17.9 Å². The summed E-state index contributed by atoms with van der Waals surface area (Å²) in [5, 5.41) is 0. The molecular formula is C30H54O6. The molecule has 0 radical (unpaired) electrons. The summed E-state index contributed by atoms with van der Waals surface area (Å²) < 4.78 is 15.9. The average Bonchev–Trinajstić information content (AvgIpc) is 2.79. The van der Waals surface area contributed by atoms with Crippen molar-refractivity contribution in [2.24, 2.45) is 17.8 Å². The minimum atomic E-state index is -0.651. The zero-order valence-corrected chi connectivity index (χ0v) is 24.1. The van der Waals surface area contributed by atoms with Crippen LogP contribution in [0.15, 0.2) is 11.6 Å². The Bertz CT molecular complexity index is 621. The number of hydrogen-bond donors (Lipinski definition) is 0. The summed E-state index contributed by atoms with van der Waals surface area (Å²) in [6, 6.07) is 0. The van der Waals surface area contributed by atoms with Gasteiger partial charge in [0.25, 0.3) is 0 Å². The molecule has 0 aliphatic rings. The van der Waals surface area contributed by atoms with Gasteiger partial charge in [-0.15, -0.1) is 0 Å². The monoisotopic (exact) mass is 510 g/mol. The maximum absolute atomic E-state index is 12.6. The highest BCUT2D eigenvalue weighted by Gasteiger charge is 2.19. The lowest BCUT2D eigenvalue weighted by Crippen LogP contribution is -2.17. The van der Waals surface area contributed by atoms with E-state index in [9.17, 15) is 14.4 Å². The molecule has 0 spiro atoms. The van der Waals surface area contributed by atoms with Crippen molar-refractivity contribution in [3.63, 3.8) is 0 Å². The number of unbranched alkanes of at least 4 members (excludes halogenated alkanes) is 6. The van der Waals surface area contributed by atoms with Gasteiger partial charge in [-0.25, -0.2) is 9.59 Å². The second-order valence-electron chi connectivity index (χ2n) is 11.1. The summed E-state index contributed by atoms with van der Waals surface area (Å²) in [5.41, 5.74) is -0.00760. The Balaban J connectivity index is 4.64. The number of carbonyl (C=O) groups is 3. The van der Waals surface area contributed by atoms with Crippen molar-refractivity contribution in [2.75, 3.05) is 19.8 Å². The zero-order valence-electron chi connectivity index (χ0n) is 24.1. The fourth-order valence-electron chi connectivity index (χ4n) is 3.68. The molecule has 0 aliphatic carbocycles. The SMILES string of the molecule is CC(C)CCCCCOC(=O)C=C(CC(=O)OCCCCCC(C)C)C(=O)OCCCCCC(C)C. The van der Waals surface area contributed by atoms with Crippen LogP contribution >= 0.6 is 0 Å². The highest BCUT2D eigenvalue weighted by Crippen LogP contribution is 2.13. The predicted molar refractivity (Wildman–Crippen MR) is 145 cm³/mol. The third-order valence-corrected chi connectivity index (χ3v) is 5.91. The smallest absolute Gasteiger partial charge is 0.334 e. The molecule has 0 saturated carbocycles. The van der Waals surface area contributed by atoms with Crippen LogP contribution in [-0.2, 0) is 28.6 Å². The Morgan fingerprint density at radius 1 is 0.556 bits per heavy atom. The third-order valence-electron chi connectivity index (χ3n) is 5.91. The number of ether oxygens (including phenoxy) is 3. The topological polar surface area (TPSA) is 78.9 Å². The molecule has 0 rings (SSSR count). The van der Waals surface area contributed by atoms with E-state index in [1.54, 1.807) is 0 Å². The van der Waals surface area contributed by atoms with Gasteiger partial charge in [-0.2, -0.15) is 0 Å². The molecule has 210 valence electrons. The Kier molecular flexibility index (Phi) is 21.2. The Labute approximate surface area is 220 Å². The van der Waals surface area contributed by atoms with Crippen molar-refractivity contribution in [2.45, 2.75) is 125 Å². The van der Waals surface area contributed by atoms with Crippen LogP contribution in [0.25, 0.3) is 0 Å². The molecule has 0 saturated heterocycles. The first-order chi connectivity index (χ1) is 17.1. The lowest BCUT2D eigenvalue weighted by Gasteiger charge is -2.10. The zero-order chi connectivity index (χ0) is 27.2. The van der Waals surface area contributed by atoms with Crippen molar-refractivity contribution in [3.05, 3.63) is 11.6 Å². The minimum Gasteiger partial charge on any atom is -0.465 e. The Morgan fingerprint density at radius 2 is 0.972 bits per heavy atom. The van der Waals surface area contributed by atoms with Gasteiger partial charge in [0, 0.05) is 6.08 Å². The van der Waals surface area contributed by atoms with Crippen molar-refractivity contribution >= 4 is 17.9 Å². The quantitative estimate of drug-likeness (QED) is 0.0646. The summed E-state index contributed by atoms with van der Waals surface area (Å²) >= 11 is 0. The molecule has 36 heavy (non-hydrogen) atoms. The van der Waals surface area contributed by atoms with Gasteiger partial charge in [0.2, 0.25) is 0 Å². The Morgan fingerprint density at radius 3 is 1.42 bits per heavy atom. The summed E-state index contributed by atoms with van der Waals surface area (Å²) in [7, 11) is 0. The van der Waals surface area contributed by atoms with E-state index in [0.29, 0.717) is 31.0 Å². The molecule has 0 aromatic heterocycles. The van der Waals surface area contributed by atoms with E-state index in [2.05, 4.69) is 41.5 Å². The molecule has 0 bridgehead atoms. The van der Waals surface area contributed by atoms with Crippen LogP contribution < -0.4 is 0 Å². The van der Waals surface area contributed by atoms with E-state index in [0.717, 1.165) is 83.1 Å². The molecule has 0 aliphatic heterocycles. The summed E-state index contributed by atoms with van der Waals surface area (Å²) in [6.45, 7) is 14.0. The van der Waals surface area contributed by atoms with Crippen molar-refractivity contribution in [1.29, 1.82) is 0 Å². The molecule has 0 amide bonds. The highest BCUT2D eigenvalue weighted by molar-refractivity contribution is 5.99. The number of esters is 3. The molecular weight excluding hydrogens is 456 g/mol. The van der Waals surface area contributed by atoms with Gasteiger partial charge in [0.05, 0.1) is 31.8 Å². The van der Waals surface area contributed by atoms with E-state index in [1.807, 2.05) is 0 Å². The molecule has 6 nitrogen and oxygen atoms in total. The van der Waals surface area contributed by atoms with Gasteiger partial charge >= 0.3 is 17.9 Å². The van der Waals surface area contributed by atoms with Crippen molar-refractivity contribution in [1.82, 2.24) is 0 Å². The first-order valence-corrected chi connectivity index (χ1v) is 14.3. The first-order valence-electron chi connectivity index (χ1n) is 14.3. The molecule has 0 aromatic carbocycles. The van der Waals surface area contributed by atoms with Gasteiger partial charge in [-0.3, -0.25) is 4.79 Å². The fourth-order valence-corrected chi connectivity index (χ4v) is 3.68. The van der Waals surface area contributed by atoms with Crippen LogP contribution in [0.4, 0.5) is 0 Å². The summed E-state index contributed by atoms with van der Waals surface area (Å²) in [5.74, 6) is 0.191. The van der Waals surface area contributed by atoms with E-state index in [4.69, 9.17) is 14.2 Å². The molecule has 0 N–H and O–H groups in total. The molecule has 0 heterocycles. The van der Waals surface area contributed by atoms with Crippen molar-refractivity contribution < 1.29 is 28.6 Å². The molecule has 0 aromatic rings. The first kappa shape index (κ1) is 34.1. The molecule has 0 atom stereocenters. The normalized spacial score (nSPS) is 11.9. The van der Waals surface area contributed by atoms with Crippen LogP contribution in [-0.4, -0.2) is 37.7 Å². The van der Waals surface area contributed by atoms with Crippen LogP contribution in [0.5, 0.6) is 0 Å². The molecule has 6 heteroatoms. The maximum Gasteiger partial charge on any atom is 0.334 e. The summed E-state index contributed by atoms with van der Waals surface area (Å²) in [4.78, 5) is 37.2. The second kappa shape index (κ2) is 22.4. The maximum atomic E-state index is 12.6. The van der Waals surface area contributed by atoms with Gasteiger partial charge < -0.3 is 14.2 Å². The van der Waals surface area contributed by atoms with E-state index >= 15 is 0 Å². The second-order valence-corrected chi connectivity index (χ2v) is 11.1. The van der Waals surface area contributed by atoms with Crippen LogP contribution in [0.3, 0.4) is 0 Å². The van der Waals surface area contributed by atoms with Gasteiger partial charge in [-0.1, -0.05) is 99.3 Å². The molecule has 0 unspecified atom stereocenters. The van der Waals surface area contributed by atoms with E-state index in [-0.39, 0.29) is 18.6 Å². The van der Waals surface area contributed by atoms with Gasteiger partial charge in [0.15, 0.2) is 0 Å². The van der Waals surface area contributed by atoms with Gasteiger partial charge in [-0.05, 0) is 37.0 Å². The third kappa shape index (κ3) is 22.6. The highest BCUT2D eigenvalue weighted by atomic mass is 16.5. The fraction of sp³-hybridized carbons (Fsp3) is 0.833. The average molecular weight is 511 g/mol. The van der Waals surface area contributed by atoms with E-state index in [1.165, 1.54) is 0 Å². The summed E-state index contributed by atoms with van der Waals surface area (Å²) in [6.07, 6.45) is 12.8. The van der Waals surface area contributed by atoms with Crippen molar-refractivity contribution in [3.8, 4) is 0 Å². The minimum absolute atomic E-state index is 0.00760. The standard InChI is InChI=1S/C30H54O6/c1-24(2)16-10-7-13-19-34-28(31)22-27(30(33)36-21-15-9-12-18-26(5)6)23-29(32)35-20-14-8-11-17-25(3)4/h22,24-26H,7-21,23H2,1-6H3. The lowest BCUT2D eigenvalue weighted by molar-refractivity contribution is -0.146. The lowest BCUT2D eigenvalue weighted by atomic mass is 10.1. The number of rotatable bonds is 22. The van der Waals surface area contributed by atoms with Crippen LogP contribution in [0, 0.1) is 17.8 Å². The molecule has 0 fully saturated rings. The van der Waals surface area contributed by atoms with Crippen LogP contribution in [0.2, 0.25) is 0 Å². The number of carbonyl (C=O) groups excluding carboxylic acids is 3. The Hall–Kier alpha value is -1.85. The van der Waals surface area contributed by atoms with Gasteiger partial charge in [0.1, 0.15) is 0 Å². The number of hydrogen-bond acceptors (Lipinski definition) is 6. The van der Waals surface area contributed by atoms with Crippen LogP contribution in [0.1, 0.15) is 125 Å². The predicted octanol–water partition coefficient (Wildman–Crippen LogP) is 7.58. The largest absolute Gasteiger partial charge is 0.465 e.